The fourth-order valence-corrected chi connectivity index (χ4v) is 3.14. The highest BCUT2D eigenvalue weighted by Crippen LogP contribution is 2.24. The van der Waals surface area contributed by atoms with Crippen LogP contribution in [0.4, 0.5) is 4.39 Å². The summed E-state index contributed by atoms with van der Waals surface area (Å²) in [5.41, 5.74) is 4.58. The van der Waals surface area contributed by atoms with Crippen molar-refractivity contribution in [2.24, 2.45) is 0 Å². The first-order valence-electron chi connectivity index (χ1n) is 8.45. The summed E-state index contributed by atoms with van der Waals surface area (Å²) in [6, 6.07) is 14.4. The van der Waals surface area contributed by atoms with Crippen LogP contribution in [0.1, 0.15) is 18.1 Å². The molecule has 0 aliphatic carbocycles. The van der Waals surface area contributed by atoms with Crippen molar-refractivity contribution in [3.05, 3.63) is 82.9 Å². The molecule has 27 heavy (non-hydrogen) atoms. The summed E-state index contributed by atoms with van der Waals surface area (Å²) >= 11 is 6.13. The van der Waals surface area contributed by atoms with Gasteiger partial charge in [-0.25, -0.2) is 9.37 Å². The molecule has 0 saturated carbocycles. The number of pyridine rings is 1. The van der Waals surface area contributed by atoms with Crippen molar-refractivity contribution >= 4 is 22.7 Å². The highest BCUT2D eigenvalue weighted by molar-refractivity contribution is 6.31. The fourth-order valence-electron chi connectivity index (χ4n) is 2.91. The van der Waals surface area contributed by atoms with E-state index in [-0.39, 0.29) is 18.2 Å². The molecule has 138 valence electrons. The van der Waals surface area contributed by atoms with Crippen LogP contribution in [0, 0.1) is 5.82 Å². The molecule has 2 aromatic carbocycles. The Kier molecular flexibility index (Phi) is 5.78. The predicted molar refractivity (Wildman–Crippen MR) is 99.5 cm³/mol. The number of nitrogens with zero attached hydrogens (tertiary/aromatic N) is 2. The van der Waals surface area contributed by atoms with E-state index in [1.54, 1.807) is 6.07 Å². The number of benzene rings is 2. The summed E-state index contributed by atoms with van der Waals surface area (Å²) in [5.74, 6) is 0.239. The van der Waals surface area contributed by atoms with Crippen molar-refractivity contribution in [3.8, 4) is 11.5 Å². The molecule has 2 aromatic heterocycles. The summed E-state index contributed by atoms with van der Waals surface area (Å²) < 4.78 is 21.1. The number of oxazole rings is 1. The van der Waals surface area contributed by atoms with Crippen LogP contribution in [-0.4, -0.2) is 4.98 Å². The molecule has 2 heterocycles. The van der Waals surface area contributed by atoms with Gasteiger partial charge in [0, 0.05) is 11.6 Å². The number of hydrogen-bond acceptors (Lipinski definition) is 2. The molecule has 0 bridgehead atoms. The molecule has 0 saturated heterocycles. The zero-order chi connectivity index (χ0) is 18.1. The summed E-state index contributed by atoms with van der Waals surface area (Å²) in [6.45, 7) is 2.65. The second kappa shape index (κ2) is 8.07. The number of rotatable bonds is 4. The van der Waals surface area contributed by atoms with Gasteiger partial charge in [-0.05, 0) is 48.4 Å². The Bertz CT molecular complexity index is 1090. The quantitative estimate of drug-likeness (QED) is 0.489. The van der Waals surface area contributed by atoms with Crippen LogP contribution in [0.15, 0.2) is 65.3 Å². The van der Waals surface area contributed by atoms with Crippen molar-refractivity contribution in [3.63, 3.8) is 0 Å². The summed E-state index contributed by atoms with van der Waals surface area (Å²) in [4.78, 5) is 4.61. The van der Waals surface area contributed by atoms with Crippen LogP contribution < -0.4 is 17.0 Å². The number of fused-ring (bicyclic) bond motifs is 1. The lowest BCUT2D eigenvalue weighted by Crippen LogP contribution is -3.00. The first-order valence-corrected chi connectivity index (χ1v) is 8.83. The molecular weight excluding hydrogens is 386 g/mol. The van der Waals surface area contributed by atoms with Crippen LogP contribution in [0.5, 0.6) is 0 Å². The van der Waals surface area contributed by atoms with E-state index in [0.717, 1.165) is 28.6 Å². The molecule has 4 aromatic rings. The fraction of sp³-hybridized carbons (Fsp3) is 0.143. The van der Waals surface area contributed by atoms with Gasteiger partial charge >= 0.3 is 0 Å². The van der Waals surface area contributed by atoms with Gasteiger partial charge in [0.2, 0.25) is 5.89 Å². The summed E-state index contributed by atoms with van der Waals surface area (Å²) in [7, 11) is 0. The van der Waals surface area contributed by atoms with Gasteiger partial charge in [-0.2, -0.15) is 4.57 Å². The smallest absolute Gasteiger partial charge is 0.233 e. The highest BCUT2D eigenvalue weighted by atomic mass is 35.5. The SMILES string of the molecule is CCc1ccc2oc(-c3ccc[n+](Cc4ccc(F)cc4Cl)c3)nc2c1.[Cl-]. The van der Waals surface area contributed by atoms with Crippen molar-refractivity contribution in [1.29, 1.82) is 0 Å². The Morgan fingerprint density at radius 1 is 1.15 bits per heavy atom. The van der Waals surface area contributed by atoms with Gasteiger partial charge in [-0.1, -0.05) is 24.6 Å². The lowest BCUT2D eigenvalue weighted by Gasteiger charge is -2.02. The maximum atomic E-state index is 13.2. The molecule has 0 spiro atoms. The third-order valence-corrected chi connectivity index (χ3v) is 4.69. The molecule has 6 heteroatoms. The van der Waals surface area contributed by atoms with E-state index in [9.17, 15) is 4.39 Å². The summed E-state index contributed by atoms with van der Waals surface area (Å²) in [6.07, 6.45) is 4.84. The van der Waals surface area contributed by atoms with Crippen LogP contribution in [0.3, 0.4) is 0 Å². The van der Waals surface area contributed by atoms with Gasteiger partial charge in [0.05, 0.1) is 5.02 Å². The Labute approximate surface area is 167 Å². The van der Waals surface area contributed by atoms with Gasteiger partial charge < -0.3 is 16.8 Å². The van der Waals surface area contributed by atoms with Crippen molar-refractivity contribution in [2.45, 2.75) is 19.9 Å². The van der Waals surface area contributed by atoms with E-state index in [1.165, 1.54) is 17.7 Å². The zero-order valence-corrected chi connectivity index (χ0v) is 16.1. The standard InChI is InChI=1S/C21H17ClFN2O.ClH/c1-2-14-5-8-20-19(10-14)24-21(26-20)16-4-3-9-25(13-16)12-15-6-7-17(23)11-18(15)22;/h3-11,13H,2,12H2,1H3;1H/q+1;/p-1. The van der Waals surface area contributed by atoms with Gasteiger partial charge in [0.25, 0.3) is 0 Å². The van der Waals surface area contributed by atoms with Gasteiger partial charge in [0.15, 0.2) is 24.5 Å². The van der Waals surface area contributed by atoms with Gasteiger partial charge in [-0.15, -0.1) is 0 Å². The average molecular weight is 403 g/mol. The second-order valence-corrected chi connectivity index (χ2v) is 6.58. The molecule has 0 amide bonds. The molecule has 0 aliphatic rings. The monoisotopic (exact) mass is 402 g/mol. The van der Waals surface area contributed by atoms with E-state index in [2.05, 4.69) is 24.0 Å². The average Bonchev–Trinajstić information content (AvgIpc) is 3.07. The number of halogens is 3. The number of aryl methyl sites for hydroxylation is 1. The van der Waals surface area contributed by atoms with Crippen LogP contribution in [0.2, 0.25) is 5.02 Å². The van der Waals surface area contributed by atoms with Crippen molar-refractivity contribution < 1.29 is 25.8 Å². The first-order chi connectivity index (χ1) is 12.6. The second-order valence-electron chi connectivity index (χ2n) is 6.18. The predicted octanol–water partition coefficient (Wildman–Crippen LogP) is 2.19. The van der Waals surface area contributed by atoms with Crippen molar-refractivity contribution in [1.82, 2.24) is 4.98 Å². The van der Waals surface area contributed by atoms with E-state index < -0.39 is 0 Å². The minimum Gasteiger partial charge on any atom is -1.00 e. The topological polar surface area (TPSA) is 29.9 Å². The lowest BCUT2D eigenvalue weighted by atomic mass is 10.1. The van der Waals surface area contributed by atoms with Gasteiger partial charge in [-0.3, -0.25) is 0 Å². The number of hydrogen-bond donors (Lipinski definition) is 0. The molecule has 4 rings (SSSR count). The maximum absolute atomic E-state index is 13.2. The number of aromatic nitrogens is 2. The lowest BCUT2D eigenvalue weighted by molar-refractivity contribution is -0.687. The summed E-state index contributed by atoms with van der Waals surface area (Å²) in [5, 5.41) is 0.414. The minimum absolute atomic E-state index is 0. The van der Waals surface area contributed by atoms with Gasteiger partial charge in [0.1, 0.15) is 16.9 Å². The molecule has 0 fully saturated rings. The van der Waals surface area contributed by atoms with E-state index in [1.807, 2.05) is 35.2 Å². The highest BCUT2D eigenvalue weighted by Gasteiger charge is 2.14. The molecular formula is C21H17Cl2FN2O. The Morgan fingerprint density at radius 3 is 2.78 bits per heavy atom. The molecule has 0 N–H and O–H groups in total. The van der Waals surface area contributed by atoms with Crippen LogP contribution in [0.25, 0.3) is 22.6 Å². The molecule has 0 atom stereocenters. The first kappa shape index (κ1) is 19.3. The third-order valence-electron chi connectivity index (χ3n) is 4.33. The minimum atomic E-state index is -0.338. The van der Waals surface area contributed by atoms with E-state index in [0.29, 0.717) is 17.5 Å². The molecule has 0 radical (unpaired) electrons. The largest absolute Gasteiger partial charge is 1.00 e. The third kappa shape index (κ3) is 4.12. The van der Waals surface area contributed by atoms with Crippen LogP contribution in [-0.2, 0) is 13.0 Å². The van der Waals surface area contributed by atoms with Crippen molar-refractivity contribution in [2.75, 3.05) is 0 Å². The molecule has 3 nitrogen and oxygen atoms in total. The molecule has 0 aliphatic heterocycles. The maximum Gasteiger partial charge on any atom is 0.233 e. The van der Waals surface area contributed by atoms with E-state index in [4.69, 9.17) is 16.0 Å². The molecule has 0 unspecified atom stereocenters. The Balaban J connectivity index is 0.00000210. The van der Waals surface area contributed by atoms with E-state index >= 15 is 0 Å². The Hall–Kier alpha value is -2.43. The van der Waals surface area contributed by atoms with Crippen LogP contribution >= 0.6 is 11.6 Å². The zero-order valence-electron chi connectivity index (χ0n) is 14.6. The normalized spacial score (nSPS) is 10.8. The Morgan fingerprint density at radius 2 is 2.00 bits per heavy atom.